The van der Waals surface area contributed by atoms with Crippen LogP contribution in [-0.2, 0) is 9.53 Å². The zero-order valence-electron chi connectivity index (χ0n) is 14.4. The highest BCUT2D eigenvalue weighted by Crippen LogP contribution is 2.37. The SMILES string of the molecule is Cc1ncccc1NC(=O)[C@@H]1COC[C@H]2CN(CC3CCC3)C[C@H]21. The van der Waals surface area contributed by atoms with Crippen molar-refractivity contribution < 1.29 is 9.53 Å². The molecule has 1 amide bonds. The quantitative estimate of drug-likeness (QED) is 0.921. The van der Waals surface area contributed by atoms with Crippen LogP contribution < -0.4 is 5.32 Å². The molecule has 3 fully saturated rings. The number of fused-ring (bicyclic) bond motifs is 1. The van der Waals surface area contributed by atoms with Gasteiger partial charge in [-0.3, -0.25) is 9.78 Å². The van der Waals surface area contributed by atoms with Gasteiger partial charge in [0.15, 0.2) is 0 Å². The number of aryl methyl sites for hydroxylation is 1. The van der Waals surface area contributed by atoms with Gasteiger partial charge in [0.25, 0.3) is 0 Å². The number of aromatic nitrogens is 1. The minimum Gasteiger partial charge on any atom is -0.380 e. The lowest BCUT2D eigenvalue weighted by Gasteiger charge is -2.32. The highest BCUT2D eigenvalue weighted by molar-refractivity contribution is 5.93. The van der Waals surface area contributed by atoms with Gasteiger partial charge < -0.3 is 15.0 Å². The molecule has 2 aliphatic heterocycles. The van der Waals surface area contributed by atoms with Crippen molar-refractivity contribution in [1.29, 1.82) is 0 Å². The van der Waals surface area contributed by atoms with Crippen LogP contribution >= 0.6 is 0 Å². The molecule has 1 saturated carbocycles. The molecule has 0 aromatic carbocycles. The van der Waals surface area contributed by atoms with E-state index in [9.17, 15) is 4.79 Å². The van der Waals surface area contributed by atoms with Gasteiger partial charge >= 0.3 is 0 Å². The number of likely N-dealkylation sites (tertiary alicyclic amines) is 1. The van der Waals surface area contributed by atoms with E-state index < -0.39 is 0 Å². The average molecular weight is 329 g/mol. The van der Waals surface area contributed by atoms with Crippen molar-refractivity contribution in [2.24, 2.45) is 23.7 Å². The van der Waals surface area contributed by atoms with E-state index in [0.29, 0.717) is 18.4 Å². The summed E-state index contributed by atoms with van der Waals surface area (Å²) in [7, 11) is 0. The molecule has 0 spiro atoms. The Morgan fingerprint density at radius 2 is 2.25 bits per heavy atom. The summed E-state index contributed by atoms with van der Waals surface area (Å²) < 4.78 is 5.78. The van der Waals surface area contributed by atoms with E-state index in [4.69, 9.17) is 4.74 Å². The van der Waals surface area contributed by atoms with Gasteiger partial charge in [0, 0.05) is 25.8 Å². The van der Waals surface area contributed by atoms with Gasteiger partial charge in [-0.25, -0.2) is 0 Å². The molecule has 1 aromatic heterocycles. The number of hydrogen-bond donors (Lipinski definition) is 1. The van der Waals surface area contributed by atoms with Gasteiger partial charge in [-0.05, 0) is 49.7 Å². The van der Waals surface area contributed by atoms with Crippen LogP contribution in [0.3, 0.4) is 0 Å². The van der Waals surface area contributed by atoms with Crippen LogP contribution in [0.2, 0.25) is 0 Å². The molecule has 5 heteroatoms. The Kier molecular flexibility index (Phi) is 4.55. The van der Waals surface area contributed by atoms with E-state index >= 15 is 0 Å². The van der Waals surface area contributed by atoms with Crippen LogP contribution in [0.25, 0.3) is 0 Å². The number of anilines is 1. The number of pyridine rings is 1. The molecule has 0 unspecified atom stereocenters. The smallest absolute Gasteiger partial charge is 0.230 e. The van der Waals surface area contributed by atoms with E-state index in [0.717, 1.165) is 37.0 Å². The molecule has 0 radical (unpaired) electrons. The molecule has 0 bridgehead atoms. The van der Waals surface area contributed by atoms with Gasteiger partial charge in [0.1, 0.15) is 0 Å². The molecule has 5 nitrogen and oxygen atoms in total. The molecule has 24 heavy (non-hydrogen) atoms. The number of carbonyl (C=O) groups is 1. The lowest BCUT2D eigenvalue weighted by Crippen LogP contribution is -2.42. The number of rotatable bonds is 4. The van der Waals surface area contributed by atoms with Gasteiger partial charge in [-0.2, -0.15) is 0 Å². The fourth-order valence-corrected chi connectivity index (χ4v) is 4.39. The average Bonchev–Trinajstić information content (AvgIpc) is 2.95. The summed E-state index contributed by atoms with van der Waals surface area (Å²) in [6, 6.07) is 3.78. The molecule has 130 valence electrons. The number of ether oxygens (including phenoxy) is 1. The second-order valence-electron chi connectivity index (χ2n) is 7.71. The van der Waals surface area contributed by atoms with E-state index in [-0.39, 0.29) is 11.8 Å². The first-order valence-electron chi connectivity index (χ1n) is 9.23. The summed E-state index contributed by atoms with van der Waals surface area (Å²) in [5.74, 6) is 1.86. The molecule has 3 heterocycles. The van der Waals surface area contributed by atoms with E-state index in [1.807, 2.05) is 19.1 Å². The van der Waals surface area contributed by atoms with Crippen molar-refractivity contribution in [3.63, 3.8) is 0 Å². The largest absolute Gasteiger partial charge is 0.380 e. The Bertz CT molecular complexity index is 602. The third-order valence-corrected chi connectivity index (χ3v) is 6.06. The minimum atomic E-state index is -0.0465. The molecule has 1 N–H and O–H groups in total. The predicted molar refractivity (Wildman–Crippen MR) is 92.7 cm³/mol. The zero-order chi connectivity index (χ0) is 16.5. The maximum absolute atomic E-state index is 12.8. The van der Waals surface area contributed by atoms with Gasteiger partial charge in [0.2, 0.25) is 5.91 Å². The summed E-state index contributed by atoms with van der Waals surface area (Å²) in [6.07, 6.45) is 5.91. The lowest BCUT2D eigenvalue weighted by molar-refractivity contribution is -0.128. The fraction of sp³-hybridized carbons (Fsp3) is 0.684. The Labute approximate surface area is 143 Å². The van der Waals surface area contributed by atoms with E-state index in [1.54, 1.807) is 6.20 Å². The molecule has 2 saturated heterocycles. The van der Waals surface area contributed by atoms with Crippen molar-refractivity contribution in [3.8, 4) is 0 Å². The van der Waals surface area contributed by atoms with E-state index in [1.165, 1.54) is 25.8 Å². The Hall–Kier alpha value is -1.46. The Morgan fingerprint density at radius 1 is 1.38 bits per heavy atom. The summed E-state index contributed by atoms with van der Waals surface area (Å²) in [6.45, 7) is 6.63. The number of carbonyl (C=O) groups excluding carboxylic acids is 1. The fourth-order valence-electron chi connectivity index (χ4n) is 4.39. The molecule has 3 atom stereocenters. The molecular formula is C19H27N3O2. The van der Waals surface area contributed by atoms with Crippen LogP contribution in [-0.4, -0.2) is 48.6 Å². The van der Waals surface area contributed by atoms with Crippen LogP contribution in [0.1, 0.15) is 25.0 Å². The highest BCUT2D eigenvalue weighted by Gasteiger charge is 2.44. The van der Waals surface area contributed by atoms with Crippen molar-refractivity contribution in [3.05, 3.63) is 24.0 Å². The van der Waals surface area contributed by atoms with Crippen LogP contribution in [0.15, 0.2) is 18.3 Å². The molecule has 3 aliphatic rings. The molecule has 1 aromatic rings. The molecular weight excluding hydrogens is 302 g/mol. The van der Waals surface area contributed by atoms with Crippen molar-refractivity contribution in [2.75, 3.05) is 38.2 Å². The Morgan fingerprint density at radius 3 is 3.00 bits per heavy atom. The van der Waals surface area contributed by atoms with Crippen LogP contribution in [0.4, 0.5) is 5.69 Å². The summed E-state index contributed by atoms with van der Waals surface area (Å²) in [5.41, 5.74) is 1.67. The monoisotopic (exact) mass is 329 g/mol. The number of hydrogen-bond acceptors (Lipinski definition) is 4. The maximum Gasteiger partial charge on any atom is 0.230 e. The standard InChI is InChI=1S/C19H27N3O2/c1-13-18(6-3-7-20-13)21-19(23)17-12-24-11-15-9-22(10-16(15)17)8-14-4-2-5-14/h3,6-7,14-17H,2,4-5,8-12H2,1H3,(H,21,23)/t15-,16-,17-/m1/s1. The van der Waals surface area contributed by atoms with Crippen LogP contribution in [0.5, 0.6) is 0 Å². The predicted octanol–water partition coefficient (Wildman–Crippen LogP) is 2.32. The minimum absolute atomic E-state index is 0.0465. The first-order chi connectivity index (χ1) is 11.7. The van der Waals surface area contributed by atoms with Crippen molar-refractivity contribution >= 4 is 11.6 Å². The van der Waals surface area contributed by atoms with Crippen molar-refractivity contribution in [1.82, 2.24) is 9.88 Å². The number of amides is 1. The summed E-state index contributed by atoms with van der Waals surface area (Å²) >= 11 is 0. The van der Waals surface area contributed by atoms with Gasteiger partial charge in [-0.1, -0.05) is 6.42 Å². The number of nitrogens with one attached hydrogen (secondary N) is 1. The van der Waals surface area contributed by atoms with Crippen LogP contribution in [0, 0.1) is 30.6 Å². The third-order valence-electron chi connectivity index (χ3n) is 6.06. The zero-order valence-corrected chi connectivity index (χ0v) is 14.4. The second kappa shape index (κ2) is 6.81. The first kappa shape index (κ1) is 16.0. The highest BCUT2D eigenvalue weighted by atomic mass is 16.5. The maximum atomic E-state index is 12.8. The summed E-state index contributed by atoms with van der Waals surface area (Å²) in [4.78, 5) is 19.6. The Balaban J connectivity index is 1.41. The molecule has 4 rings (SSSR count). The normalized spacial score (nSPS) is 30.6. The summed E-state index contributed by atoms with van der Waals surface area (Å²) in [5, 5.41) is 3.07. The topological polar surface area (TPSA) is 54.5 Å². The van der Waals surface area contributed by atoms with Gasteiger partial charge in [0.05, 0.1) is 30.5 Å². The van der Waals surface area contributed by atoms with Crippen molar-refractivity contribution in [2.45, 2.75) is 26.2 Å². The van der Waals surface area contributed by atoms with E-state index in [2.05, 4.69) is 15.2 Å². The van der Waals surface area contributed by atoms with Gasteiger partial charge in [-0.15, -0.1) is 0 Å². The first-order valence-corrected chi connectivity index (χ1v) is 9.23. The second-order valence-corrected chi connectivity index (χ2v) is 7.71. The molecule has 1 aliphatic carbocycles. The third kappa shape index (κ3) is 3.20. The lowest BCUT2D eigenvalue weighted by atomic mass is 9.82. The number of nitrogens with zero attached hydrogens (tertiary/aromatic N) is 2.